The molecule has 0 spiro atoms. The van der Waals surface area contributed by atoms with Crippen molar-refractivity contribution in [2.24, 2.45) is 0 Å². The van der Waals surface area contributed by atoms with Crippen LogP contribution in [0.3, 0.4) is 0 Å². The van der Waals surface area contributed by atoms with Crippen molar-refractivity contribution in [3.8, 4) is 0 Å². The van der Waals surface area contributed by atoms with Crippen LogP contribution in [-0.2, 0) is 14.3 Å². The smallest absolute Gasteiger partial charge is 0.319 e. The van der Waals surface area contributed by atoms with Crippen LogP contribution in [0.2, 0.25) is 0 Å². The molecule has 1 amide bonds. The summed E-state index contributed by atoms with van der Waals surface area (Å²) in [4.78, 5) is 23.6. The Kier molecular flexibility index (Phi) is 8.09. The number of hydrogen-bond acceptors (Lipinski definition) is 4. The third-order valence-electron chi connectivity index (χ3n) is 3.73. The molecule has 0 aliphatic rings. The maximum atomic E-state index is 12.0. The minimum atomic E-state index is -0.367. The fourth-order valence-electron chi connectivity index (χ4n) is 2.50. The molecule has 0 aliphatic heterocycles. The number of carbonyl (C=O) groups is 2. The third kappa shape index (κ3) is 5.83. The first-order valence-electron chi connectivity index (χ1n) is 8.05. The molecule has 0 aromatic heterocycles. The van der Waals surface area contributed by atoms with Crippen LogP contribution in [0, 0.1) is 0 Å². The van der Waals surface area contributed by atoms with Crippen LogP contribution in [0.5, 0.6) is 0 Å². The summed E-state index contributed by atoms with van der Waals surface area (Å²) in [5.74, 6) is -0.280. The topological polar surface area (TPSA) is 67.4 Å². The van der Waals surface area contributed by atoms with E-state index in [1.54, 1.807) is 0 Å². The van der Waals surface area contributed by atoms with Crippen LogP contribution in [0.25, 0.3) is 0 Å². The van der Waals surface area contributed by atoms with Gasteiger partial charge in [-0.05, 0) is 29.3 Å². The fraction of sp³-hybridized carbons (Fsp3) is 0.263. The third-order valence-corrected chi connectivity index (χ3v) is 4.41. The Morgan fingerprint density at radius 2 is 1.92 bits per heavy atom. The van der Waals surface area contributed by atoms with Crippen molar-refractivity contribution in [3.05, 3.63) is 64.1 Å². The Labute approximate surface area is 166 Å². The molecule has 2 rings (SSSR count). The summed E-state index contributed by atoms with van der Waals surface area (Å²) in [6.07, 6.45) is 0.225. The van der Waals surface area contributed by atoms with Gasteiger partial charge in [-0.2, -0.15) is 0 Å². The van der Waals surface area contributed by atoms with Crippen molar-refractivity contribution in [1.29, 1.82) is 0 Å². The highest BCUT2D eigenvalue weighted by atomic mass is 79.9. The normalized spacial score (nSPS) is 11.7. The molecule has 1 atom stereocenters. The summed E-state index contributed by atoms with van der Waals surface area (Å²) in [6, 6.07) is 15.0. The van der Waals surface area contributed by atoms with Gasteiger partial charge in [-0.15, -0.1) is 11.6 Å². The molecule has 138 valence electrons. The number of hydrogen-bond donors (Lipinski definition) is 2. The quantitative estimate of drug-likeness (QED) is 0.484. The second-order valence-electron chi connectivity index (χ2n) is 5.52. The van der Waals surface area contributed by atoms with E-state index >= 15 is 0 Å². The van der Waals surface area contributed by atoms with Crippen molar-refractivity contribution in [2.75, 3.05) is 24.9 Å². The molecule has 5 nitrogen and oxygen atoms in total. The lowest BCUT2D eigenvalue weighted by atomic mass is 9.97. The zero-order valence-corrected chi connectivity index (χ0v) is 16.6. The maximum absolute atomic E-state index is 12.0. The summed E-state index contributed by atoms with van der Waals surface area (Å²) in [5.41, 5.74) is 2.45. The molecule has 0 heterocycles. The number of halogens is 2. The Morgan fingerprint density at radius 3 is 2.58 bits per heavy atom. The lowest BCUT2D eigenvalue weighted by molar-refractivity contribution is -0.139. The molecular weight excluding hydrogens is 420 g/mol. The highest BCUT2D eigenvalue weighted by Crippen LogP contribution is 2.31. The lowest BCUT2D eigenvalue weighted by Gasteiger charge is -2.23. The molecule has 0 unspecified atom stereocenters. The molecule has 2 N–H and O–H groups in total. The van der Waals surface area contributed by atoms with Crippen molar-refractivity contribution in [2.45, 2.75) is 12.5 Å². The van der Waals surface area contributed by atoms with Gasteiger partial charge in [0.15, 0.2) is 0 Å². The van der Waals surface area contributed by atoms with Gasteiger partial charge in [-0.25, -0.2) is 0 Å². The van der Waals surface area contributed by atoms with Gasteiger partial charge in [0.05, 0.1) is 19.7 Å². The second-order valence-corrected chi connectivity index (χ2v) is 6.81. The molecule has 0 bridgehead atoms. The van der Waals surface area contributed by atoms with E-state index in [1.165, 1.54) is 7.11 Å². The van der Waals surface area contributed by atoms with Crippen molar-refractivity contribution < 1.29 is 14.3 Å². The predicted molar refractivity (Wildman–Crippen MR) is 106 cm³/mol. The van der Waals surface area contributed by atoms with Gasteiger partial charge in [0.2, 0.25) is 5.91 Å². The molecule has 0 fully saturated rings. The summed E-state index contributed by atoms with van der Waals surface area (Å²) >= 11 is 9.13. The predicted octanol–water partition coefficient (Wildman–Crippen LogP) is 3.87. The van der Waals surface area contributed by atoms with Crippen LogP contribution in [0.15, 0.2) is 53.0 Å². The SMILES string of the molecule is COC(=O)CN[C@H](c1ccccc1)c1cc(Br)ccc1NC(=O)CCCl. The van der Waals surface area contributed by atoms with Crippen molar-refractivity contribution in [1.82, 2.24) is 5.32 Å². The second kappa shape index (κ2) is 10.3. The summed E-state index contributed by atoms with van der Waals surface area (Å²) in [6.45, 7) is 0.0393. The summed E-state index contributed by atoms with van der Waals surface area (Å²) in [5, 5.41) is 6.09. The highest BCUT2D eigenvalue weighted by molar-refractivity contribution is 9.10. The van der Waals surface area contributed by atoms with Crippen molar-refractivity contribution >= 4 is 45.1 Å². The minimum Gasteiger partial charge on any atom is -0.468 e. The molecule has 0 aliphatic carbocycles. The Bertz CT molecular complexity index is 756. The minimum absolute atomic E-state index is 0.0393. The monoisotopic (exact) mass is 438 g/mol. The number of nitrogens with one attached hydrogen (secondary N) is 2. The Hall–Kier alpha value is -1.89. The number of alkyl halides is 1. The van der Waals surface area contributed by atoms with E-state index in [1.807, 2.05) is 48.5 Å². The van der Waals surface area contributed by atoms with Gasteiger partial charge in [-0.3, -0.25) is 14.9 Å². The van der Waals surface area contributed by atoms with Crippen LogP contribution < -0.4 is 10.6 Å². The average Bonchev–Trinajstić information content (AvgIpc) is 2.64. The van der Waals surface area contributed by atoms with E-state index in [9.17, 15) is 9.59 Å². The van der Waals surface area contributed by atoms with Crippen LogP contribution in [-0.4, -0.2) is 31.4 Å². The number of amides is 1. The highest BCUT2D eigenvalue weighted by Gasteiger charge is 2.20. The van der Waals surface area contributed by atoms with E-state index in [0.717, 1.165) is 15.6 Å². The van der Waals surface area contributed by atoms with Crippen LogP contribution in [0.1, 0.15) is 23.6 Å². The first-order chi connectivity index (χ1) is 12.5. The molecule has 2 aromatic carbocycles. The summed E-state index contributed by atoms with van der Waals surface area (Å²) < 4.78 is 5.59. The standard InChI is InChI=1S/C19H20BrClN2O3/c1-26-18(25)12-22-19(13-5-3-2-4-6-13)15-11-14(20)7-8-16(15)23-17(24)9-10-21/h2-8,11,19,22H,9-10,12H2,1H3,(H,23,24)/t19-/m1/s1. The first-order valence-corrected chi connectivity index (χ1v) is 9.38. The number of methoxy groups -OCH3 is 1. The van der Waals surface area contributed by atoms with Crippen molar-refractivity contribution in [3.63, 3.8) is 0 Å². The molecule has 2 aromatic rings. The zero-order valence-electron chi connectivity index (χ0n) is 14.3. The van der Waals surface area contributed by atoms with Gasteiger partial charge >= 0.3 is 5.97 Å². The first kappa shape index (κ1) is 20.4. The Balaban J connectivity index is 2.40. The molecule has 0 saturated heterocycles. The number of rotatable bonds is 8. The number of ether oxygens (including phenoxy) is 1. The molecule has 0 saturated carbocycles. The molecule has 26 heavy (non-hydrogen) atoms. The largest absolute Gasteiger partial charge is 0.468 e. The number of anilines is 1. The number of esters is 1. The summed E-state index contributed by atoms with van der Waals surface area (Å²) in [7, 11) is 1.35. The Morgan fingerprint density at radius 1 is 1.19 bits per heavy atom. The van der Waals surface area contributed by atoms with E-state index in [-0.39, 0.29) is 36.8 Å². The number of benzene rings is 2. The average molecular weight is 440 g/mol. The van der Waals surface area contributed by atoms with Gasteiger partial charge in [0.1, 0.15) is 0 Å². The van der Waals surface area contributed by atoms with Crippen LogP contribution >= 0.6 is 27.5 Å². The van der Waals surface area contributed by atoms with Gasteiger partial charge in [0.25, 0.3) is 0 Å². The van der Waals surface area contributed by atoms with E-state index in [4.69, 9.17) is 16.3 Å². The maximum Gasteiger partial charge on any atom is 0.319 e. The van der Waals surface area contributed by atoms with E-state index in [0.29, 0.717) is 5.69 Å². The number of carbonyl (C=O) groups excluding carboxylic acids is 2. The van der Waals surface area contributed by atoms with Gasteiger partial charge in [0, 0.05) is 22.5 Å². The van der Waals surface area contributed by atoms with Gasteiger partial charge in [-0.1, -0.05) is 46.3 Å². The van der Waals surface area contributed by atoms with Gasteiger partial charge < -0.3 is 10.1 Å². The fourth-order valence-corrected chi connectivity index (χ4v) is 3.05. The van der Waals surface area contributed by atoms with E-state index in [2.05, 4.69) is 26.6 Å². The van der Waals surface area contributed by atoms with E-state index < -0.39 is 0 Å². The molecule has 0 radical (unpaired) electrons. The molecule has 7 heteroatoms. The molecular formula is C19H20BrClN2O3. The lowest BCUT2D eigenvalue weighted by Crippen LogP contribution is -2.30. The van der Waals surface area contributed by atoms with Crippen LogP contribution in [0.4, 0.5) is 5.69 Å². The zero-order chi connectivity index (χ0) is 18.9.